The zero-order valence-corrected chi connectivity index (χ0v) is 23.3. The van der Waals surface area contributed by atoms with Gasteiger partial charge in [0.2, 0.25) is 11.8 Å². The summed E-state index contributed by atoms with van der Waals surface area (Å²) in [7, 11) is 0. The highest BCUT2D eigenvalue weighted by Crippen LogP contribution is 2.33. The number of rotatable bonds is 6. The number of amides is 3. The van der Waals surface area contributed by atoms with Crippen molar-refractivity contribution in [2.24, 2.45) is 0 Å². The van der Waals surface area contributed by atoms with Gasteiger partial charge in [-0.1, -0.05) is 12.1 Å². The molecular formula is C32H33FN4O5. The summed E-state index contributed by atoms with van der Waals surface area (Å²) < 4.78 is 26.7. The van der Waals surface area contributed by atoms with Crippen molar-refractivity contribution in [2.75, 3.05) is 26.3 Å². The second-order valence-electron chi connectivity index (χ2n) is 11.8. The monoisotopic (exact) mass is 572 g/mol. The third-order valence-electron chi connectivity index (χ3n) is 8.92. The molecule has 4 aliphatic rings. The van der Waals surface area contributed by atoms with Gasteiger partial charge < -0.3 is 14.4 Å². The number of hydrogen-bond acceptors (Lipinski definition) is 7. The molecule has 3 amide bonds. The highest BCUT2D eigenvalue weighted by molar-refractivity contribution is 6.05. The Hall–Kier alpha value is -3.89. The summed E-state index contributed by atoms with van der Waals surface area (Å²) in [6.45, 7) is 4.04. The maximum Gasteiger partial charge on any atom is 0.255 e. The first kappa shape index (κ1) is 27.0. The van der Waals surface area contributed by atoms with Crippen molar-refractivity contribution < 1.29 is 28.2 Å². The van der Waals surface area contributed by atoms with Gasteiger partial charge in [-0.15, -0.1) is 0 Å². The standard InChI is InChI=1S/C32H33FN4O5/c33-25-15-24-22(17-37(32(24)40)28-5-6-30(38)35-31(28)39)14-29(25)42-23-7-10-36(18-23)16-19-1-3-27-21(13-19)2-4-26(34-27)20-8-11-41-12-9-20/h1-4,13-15,20,23,28H,5-12,16-18H2,(H,35,38,39)/t23-,28?/m0/s1. The maximum atomic E-state index is 15.1. The van der Waals surface area contributed by atoms with Crippen LogP contribution in [0.15, 0.2) is 42.5 Å². The Kier molecular flexibility index (Phi) is 7.11. The SMILES string of the molecule is O=C1CCC(N2Cc3cc(O[C@H]4CCN(Cc5ccc6nc(C7CCOCC7)ccc6c5)C4)c(F)cc3C2=O)C(=O)N1. The second-order valence-corrected chi connectivity index (χ2v) is 11.8. The third-order valence-corrected chi connectivity index (χ3v) is 8.92. The molecule has 1 N–H and O–H groups in total. The van der Waals surface area contributed by atoms with Crippen LogP contribution in [0.1, 0.15) is 65.2 Å². The van der Waals surface area contributed by atoms with E-state index in [9.17, 15) is 14.4 Å². The summed E-state index contributed by atoms with van der Waals surface area (Å²) in [5.74, 6) is -1.24. The first-order valence-corrected chi connectivity index (χ1v) is 14.7. The van der Waals surface area contributed by atoms with Gasteiger partial charge in [-0.05, 0) is 67.1 Å². The van der Waals surface area contributed by atoms with Crippen molar-refractivity contribution in [1.82, 2.24) is 20.1 Å². The second kappa shape index (κ2) is 11.1. The molecule has 0 radical (unpaired) electrons. The van der Waals surface area contributed by atoms with Crippen LogP contribution in [-0.4, -0.2) is 71.0 Å². The molecule has 7 rings (SSSR count). The minimum absolute atomic E-state index is 0.121. The minimum Gasteiger partial charge on any atom is -0.486 e. The number of aromatic nitrogens is 1. The fourth-order valence-electron chi connectivity index (χ4n) is 6.64. The van der Waals surface area contributed by atoms with E-state index in [1.165, 1.54) is 16.5 Å². The number of carbonyl (C=O) groups excluding carboxylic acids is 3. The molecule has 4 aliphatic heterocycles. The predicted molar refractivity (Wildman–Crippen MR) is 151 cm³/mol. The number of pyridine rings is 1. The topological polar surface area (TPSA) is 101 Å². The number of nitrogens with zero attached hydrogens (tertiary/aromatic N) is 3. The summed E-state index contributed by atoms with van der Waals surface area (Å²) in [6.07, 6.45) is 3.06. The van der Waals surface area contributed by atoms with E-state index < -0.39 is 23.7 Å². The first-order chi connectivity index (χ1) is 20.4. The van der Waals surface area contributed by atoms with Crippen LogP contribution in [0.25, 0.3) is 10.9 Å². The molecule has 3 saturated heterocycles. The van der Waals surface area contributed by atoms with E-state index in [-0.39, 0.29) is 42.7 Å². The van der Waals surface area contributed by atoms with E-state index >= 15 is 4.39 Å². The first-order valence-electron chi connectivity index (χ1n) is 14.7. The van der Waals surface area contributed by atoms with E-state index in [4.69, 9.17) is 14.5 Å². The molecule has 0 spiro atoms. The Bertz CT molecular complexity index is 1570. The molecule has 218 valence electrons. The van der Waals surface area contributed by atoms with E-state index in [0.29, 0.717) is 18.0 Å². The van der Waals surface area contributed by atoms with Crippen molar-refractivity contribution in [3.8, 4) is 5.75 Å². The zero-order chi connectivity index (χ0) is 28.8. The molecule has 2 aromatic carbocycles. The average Bonchev–Trinajstić information content (AvgIpc) is 3.56. The smallest absolute Gasteiger partial charge is 0.255 e. The molecule has 2 atom stereocenters. The van der Waals surface area contributed by atoms with E-state index in [1.54, 1.807) is 6.07 Å². The van der Waals surface area contributed by atoms with Crippen LogP contribution in [-0.2, 0) is 27.4 Å². The molecule has 3 aromatic rings. The molecule has 9 nitrogen and oxygen atoms in total. The Balaban J connectivity index is 0.981. The van der Waals surface area contributed by atoms with Gasteiger partial charge in [-0.3, -0.25) is 29.6 Å². The molecule has 10 heteroatoms. The van der Waals surface area contributed by atoms with Crippen molar-refractivity contribution in [2.45, 2.75) is 63.3 Å². The molecule has 0 aliphatic carbocycles. The lowest BCUT2D eigenvalue weighted by molar-refractivity contribution is -0.136. The predicted octanol–water partition coefficient (Wildman–Crippen LogP) is 3.68. The largest absolute Gasteiger partial charge is 0.486 e. The number of carbonyl (C=O) groups is 3. The number of imide groups is 1. The minimum atomic E-state index is -0.738. The average molecular weight is 573 g/mol. The highest BCUT2D eigenvalue weighted by Gasteiger charge is 2.40. The molecule has 3 fully saturated rings. The molecule has 1 aromatic heterocycles. The summed E-state index contributed by atoms with van der Waals surface area (Å²) in [5, 5.41) is 3.41. The van der Waals surface area contributed by atoms with Gasteiger partial charge in [0.05, 0.1) is 5.52 Å². The normalized spacial score (nSPS) is 23.5. The van der Waals surface area contributed by atoms with Crippen LogP contribution in [0, 0.1) is 5.82 Å². The number of nitrogens with one attached hydrogen (secondary N) is 1. The van der Waals surface area contributed by atoms with Crippen LogP contribution in [0.5, 0.6) is 5.75 Å². The van der Waals surface area contributed by atoms with Crippen LogP contribution < -0.4 is 10.1 Å². The van der Waals surface area contributed by atoms with Crippen LogP contribution in [0.3, 0.4) is 0 Å². The highest BCUT2D eigenvalue weighted by atomic mass is 19.1. The van der Waals surface area contributed by atoms with E-state index in [1.807, 2.05) is 0 Å². The van der Waals surface area contributed by atoms with Gasteiger partial charge in [0.25, 0.3) is 5.91 Å². The number of ether oxygens (including phenoxy) is 2. The Labute approximate surface area is 243 Å². The van der Waals surface area contributed by atoms with Gasteiger partial charge in [-0.2, -0.15) is 0 Å². The van der Waals surface area contributed by atoms with Crippen molar-refractivity contribution in [3.05, 3.63) is 70.7 Å². The Morgan fingerprint density at radius 2 is 1.88 bits per heavy atom. The van der Waals surface area contributed by atoms with Crippen molar-refractivity contribution in [3.63, 3.8) is 0 Å². The molecule has 42 heavy (non-hydrogen) atoms. The quantitative estimate of drug-likeness (QED) is 0.450. The van der Waals surface area contributed by atoms with Gasteiger partial charge in [-0.25, -0.2) is 4.39 Å². The van der Waals surface area contributed by atoms with E-state index in [2.05, 4.69) is 40.5 Å². The number of benzene rings is 2. The van der Waals surface area contributed by atoms with Gasteiger partial charge in [0, 0.05) is 68.4 Å². The van der Waals surface area contributed by atoms with E-state index in [0.717, 1.165) is 62.2 Å². The summed E-state index contributed by atoms with van der Waals surface area (Å²) in [6, 6.07) is 12.8. The Morgan fingerprint density at radius 1 is 1.02 bits per heavy atom. The molecule has 1 unspecified atom stereocenters. The van der Waals surface area contributed by atoms with Crippen LogP contribution in [0.2, 0.25) is 0 Å². The number of halogens is 1. The third kappa shape index (κ3) is 5.25. The molecule has 5 heterocycles. The lowest BCUT2D eigenvalue weighted by Gasteiger charge is -2.29. The zero-order valence-electron chi connectivity index (χ0n) is 23.3. The summed E-state index contributed by atoms with van der Waals surface area (Å²) >= 11 is 0. The lowest BCUT2D eigenvalue weighted by atomic mass is 9.95. The molecule has 0 saturated carbocycles. The number of fused-ring (bicyclic) bond motifs is 2. The number of piperidine rings is 1. The number of hydrogen-bond donors (Lipinski definition) is 1. The summed E-state index contributed by atoms with van der Waals surface area (Å²) in [5.41, 5.74) is 4.21. The summed E-state index contributed by atoms with van der Waals surface area (Å²) in [4.78, 5) is 45.4. The van der Waals surface area contributed by atoms with Gasteiger partial charge >= 0.3 is 0 Å². The number of likely N-dealkylation sites (tertiary alicyclic amines) is 1. The molecular weight excluding hydrogens is 539 g/mol. The lowest BCUT2D eigenvalue weighted by Crippen LogP contribution is -2.52. The van der Waals surface area contributed by atoms with Crippen LogP contribution in [0.4, 0.5) is 4.39 Å². The van der Waals surface area contributed by atoms with Crippen molar-refractivity contribution >= 4 is 28.6 Å². The van der Waals surface area contributed by atoms with Crippen molar-refractivity contribution in [1.29, 1.82) is 0 Å². The van der Waals surface area contributed by atoms with Crippen LogP contribution >= 0.6 is 0 Å². The Morgan fingerprint density at radius 3 is 2.71 bits per heavy atom. The fourth-order valence-corrected chi connectivity index (χ4v) is 6.64. The van der Waals surface area contributed by atoms with Gasteiger partial charge in [0.1, 0.15) is 12.1 Å². The maximum absolute atomic E-state index is 15.1. The van der Waals surface area contributed by atoms with Gasteiger partial charge in [0.15, 0.2) is 11.6 Å². The molecule has 0 bridgehead atoms. The fraction of sp³-hybridized carbons (Fsp3) is 0.438.